The summed E-state index contributed by atoms with van der Waals surface area (Å²) in [6.45, 7) is 2.13. The van der Waals surface area contributed by atoms with Gasteiger partial charge in [0.2, 0.25) is 6.54 Å². The highest BCUT2D eigenvalue weighted by molar-refractivity contribution is 5.94. The molecule has 0 saturated heterocycles. The number of hydrazine groups is 1. The highest BCUT2D eigenvalue weighted by Crippen LogP contribution is 1.99. The van der Waals surface area contributed by atoms with Gasteiger partial charge in [-0.3, -0.25) is 15.6 Å². The summed E-state index contributed by atoms with van der Waals surface area (Å²) in [6, 6.07) is 8.65. The van der Waals surface area contributed by atoms with E-state index in [1.54, 1.807) is 60.4 Å². The van der Waals surface area contributed by atoms with Crippen molar-refractivity contribution in [3.05, 3.63) is 54.5 Å². The van der Waals surface area contributed by atoms with Crippen molar-refractivity contribution in [1.29, 1.82) is 0 Å². The van der Waals surface area contributed by atoms with Crippen LogP contribution in [0.5, 0.6) is 0 Å². The summed E-state index contributed by atoms with van der Waals surface area (Å²) in [5.41, 5.74) is 5.66. The monoisotopic (exact) mass is 416 g/mol. The van der Waals surface area contributed by atoms with Gasteiger partial charge < -0.3 is 21.7 Å². The van der Waals surface area contributed by atoms with Gasteiger partial charge in [0.05, 0.1) is 6.61 Å². The average molecular weight is 418 g/mol. The lowest BCUT2D eigenvalue weighted by Crippen LogP contribution is -3.00. The third-order valence-electron chi connectivity index (χ3n) is 2.71. The molecular formula is C15H18BrClN4O3. The molecule has 0 saturated carbocycles. The molecule has 2 rings (SSSR count). The fraction of sp³-hybridized carbons (Fsp3) is 0.200. The summed E-state index contributed by atoms with van der Waals surface area (Å²) in [6.07, 6.45) is 4.89. The summed E-state index contributed by atoms with van der Waals surface area (Å²) in [5.74, 6) is -0.147. The van der Waals surface area contributed by atoms with Crippen molar-refractivity contribution in [3.8, 4) is 0 Å². The first kappa shape index (κ1) is 21.8. The van der Waals surface area contributed by atoms with Gasteiger partial charge in [0.15, 0.2) is 12.4 Å². The van der Waals surface area contributed by atoms with Crippen LogP contribution in [0.3, 0.4) is 0 Å². The van der Waals surface area contributed by atoms with Crippen LogP contribution in [-0.4, -0.2) is 23.5 Å². The maximum atomic E-state index is 12.1. The van der Waals surface area contributed by atoms with Crippen LogP contribution in [0, 0.1) is 0 Å². The van der Waals surface area contributed by atoms with E-state index in [1.165, 1.54) is 0 Å². The van der Waals surface area contributed by atoms with Crippen molar-refractivity contribution >= 4 is 30.1 Å². The molecule has 0 fully saturated rings. The molecule has 0 aliphatic carbocycles. The normalized spacial score (nSPS) is 9.04. The third-order valence-corrected chi connectivity index (χ3v) is 2.71. The first-order valence-electron chi connectivity index (χ1n) is 6.81. The molecule has 0 aromatic carbocycles. The van der Waals surface area contributed by atoms with Gasteiger partial charge in [-0.2, -0.15) is 4.57 Å². The van der Waals surface area contributed by atoms with Gasteiger partial charge >= 0.3 is 5.97 Å². The van der Waals surface area contributed by atoms with E-state index < -0.39 is 0 Å². The summed E-state index contributed by atoms with van der Waals surface area (Å²) in [5, 5.41) is 0. The number of anilines is 1. The summed E-state index contributed by atoms with van der Waals surface area (Å²) in [7, 11) is 0. The standard InChI is InChI=1S/C15H16N4O3.BrH.ClH/c1-2-22-14(20)11-19-9-5-6-12(10-19)15(21)18-17-13-7-3-4-8-16-13;;/h3-10H,2,11H2,1H3,(H-,16,17,18,21);2*1H. The van der Waals surface area contributed by atoms with Crippen molar-refractivity contribution in [2.45, 2.75) is 13.5 Å². The van der Waals surface area contributed by atoms with Gasteiger partial charge in [0.25, 0.3) is 5.91 Å². The van der Waals surface area contributed by atoms with E-state index in [9.17, 15) is 9.59 Å². The van der Waals surface area contributed by atoms with Crippen LogP contribution in [0.2, 0.25) is 0 Å². The van der Waals surface area contributed by atoms with Crippen LogP contribution in [0.4, 0.5) is 5.82 Å². The lowest BCUT2D eigenvalue weighted by atomic mass is 10.2. The number of halogens is 2. The summed E-state index contributed by atoms with van der Waals surface area (Å²) >= 11 is 0. The topological polar surface area (TPSA) is 84.2 Å². The molecule has 0 aliphatic rings. The Morgan fingerprint density at radius 1 is 1.25 bits per heavy atom. The zero-order chi connectivity index (χ0) is 15.8. The minimum Gasteiger partial charge on any atom is -1.00 e. The number of esters is 1. The highest BCUT2D eigenvalue weighted by Gasteiger charge is 2.14. The van der Waals surface area contributed by atoms with Gasteiger partial charge in [-0.1, -0.05) is 6.07 Å². The van der Waals surface area contributed by atoms with Gasteiger partial charge in [-0.05, 0) is 25.1 Å². The van der Waals surface area contributed by atoms with Crippen molar-refractivity contribution < 1.29 is 35.9 Å². The summed E-state index contributed by atoms with van der Waals surface area (Å²) in [4.78, 5) is 27.5. The second-order valence-corrected chi connectivity index (χ2v) is 4.36. The van der Waals surface area contributed by atoms with Crippen LogP contribution in [-0.2, 0) is 16.1 Å². The SMILES string of the molecule is CCOC(=O)C[n+]1cccc(C(=O)NNc2ccccn2)c1.Cl.[Br-]. The van der Waals surface area contributed by atoms with E-state index in [2.05, 4.69) is 15.8 Å². The largest absolute Gasteiger partial charge is 1.00 e. The van der Waals surface area contributed by atoms with Crippen molar-refractivity contribution in [1.82, 2.24) is 10.4 Å². The molecule has 0 atom stereocenters. The number of aromatic nitrogens is 2. The minimum atomic E-state index is -0.350. The second kappa shape index (κ2) is 11.4. The number of rotatable bonds is 6. The number of carbonyl (C=O) groups is 2. The number of carbonyl (C=O) groups excluding carboxylic acids is 2. The van der Waals surface area contributed by atoms with E-state index in [0.29, 0.717) is 18.0 Å². The maximum absolute atomic E-state index is 12.1. The molecular weight excluding hydrogens is 400 g/mol. The van der Waals surface area contributed by atoms with E-state index in [0.717, 1.165) is 0 Å². The Kier molecular flexibility index (Phi) is 10.3. The van der Waals surface area contributed by atoms with Crippen molar-refractivity contribution in [2.75, 3.05) is 12.0 Å². The predicted molar refractivity (Wildman–Crippen MR) is 85.8 cm³/mol. The number of hydrogen-bond acceptors (Lipinski definition) is 5. The number of pyridine rings is 2. The Balaban J connectivity index is 0.00000264. The first-order valence-corrected chi connectivity index (χ1v) is 6.81. The molecule has 24 heavy (non-hydrogen) atoms. The van der Waals surface area contributed by atoms with Crippen molar-refractivity contribution in [3.63, 3.8) is 0 Å². The molecule has 130 valence electrons. The molecule has 2 heterocycles. The predicted octanol–water partition coefficient (Wildman–Crippen LogP) is -1.89. The van der Waals surface area contributed by atoms with Gasteiger partial charge in [0, 0.05) is 12.3 Å². The van der Waals surface area contributed by atoms with Crippen LogP contribution in [0.1, 0.15) is 17.3 Å². The Labute approximate surface area is 156 Å². The fourth-order valence-corrected chi connectivity index (χ4v) is 1.74. The molecule has 0 bridgehead atoms. The highest BCUT2D eigenvalue weighted by atomic mass is 79.9. The zero-order valence-corrected chi connectivity index (χ0v) is 15.3. The Hall–Kier alpha value is -2.19. The van der Waals surface area contributed by atoms with Gasteiger partial charge in [-0.15, -0.1) is 12.4 Å². The molecule has 2 aromatic heterocycles. The van der Waals surface area contributed by atoms with Crippen molar-refractivity contribution in [2.24, 2.45) is 0 Å². The molecule has 0 radical (unpaired) electrons. The number of nitrogens with one attached hydrogen (secondary N) is 2. The first-order chi connectivity index (χ1) is 10.7. The molecule has 0 spiro atoms. The fourth-order valence-electron chi connectivity index (χ4n) is 1.74. The van der Waals surface area contributed by atoms with Crippen LogP contribution in [0.15, 0.2) is 48.9 Å². The van der Waals surface area contributed by atoms with Crippen LogP contribution in [0.25, 0.3) is 0 Å². The van der Waals surface area contributed by atoms with E-state index in [1.807, 2.05) is 0 Å². The van der Waals surface area contributed by atoms with Crippen LogP contribution >= 0.6 is 12.4 Å². The molecule has 2 aromatic rings. The maximum Gasteiger partial charge on any atom is 0.372 e. The quantitative estimate of drug-likeness (QED) is 0.326. The Morgan fingerprint density at radius 2 is 2.04 bits per heavy atom. The summed E-state index contributed by atoms with van der Waals surface area (Å²) < 4.78 is 6.46. The second-order valence-electron chi connectivity index (χ2n) is 4.36. The molecule has 0 unspecified atom stereocenters. The van der Waals surface area contributed by atoms with E-state index in [4.69, 9.17) is 4.74 Å². The van der Waals surface area contributed by atoms with E-state index in [-0.39, 0.29) is 47.8 Å². The third kappa shape index (κ3) is 6.93. The molecule has 9 heteroatoms. The van der Waals surface area contributed by atoms with Crippen LogP contribution < -0.4 is 32.4 Å². The Bertz CT molecular complexity index is 658. The van der Waals surface area contributed by atoms with E-state index >= 15 is 0 Å². The number of hydrogen-bond donors (Lipinski definition) is 2. The smallest absolute Gasteiger partial charge is 0.372 e. The minimum absolute atomic E-state index is 0. The van der Waals surface area contributed by atoms with Gasteiger partial charge in [0.1, 0.15) is 11.4 Å². The average Bonchev–Trinajstić information content (AvgIpc) is 2.54. The van der Waals surface area contributed by atoms with Gasteiger partial charge in [-0.25, -0.2) is 9.78 Å². The number of nitrogens with zero attached hydrogens (tertiary/aromatic N) is 2. The molecule has 7 nitrogen and oxygen atoms in total. The zero-order valence-electron chi connectivity index (χ0n) is 12.9. The molecule has 1 amide bonds. The Morgan fingerprint density at radius 3 is 2.71 bits per heavy atom. The lowest BCUT2D eigenvalue weighted by molar-refractivity contribution is -0.686. The number of amides is 1. The lowest BCUT2D eigenvalue weighted by Gasteiger charge is -2.06. The molecule has 2 N–H and O–H groups in total. The molecule has 0 aliphatic heterocycles. The number of ether oxygens (including phenoxy) is 1.